The predicted molar refractivity (Wildman–Crippen MR) is 54.9 cm³/mol. The Bertz CT molecular complexity index is 281. The highest BCUT2D eigenvalue weighted by molar-refractivity contribution is 4.94. The zero-order valence-corrected chi connectivity index (χ0v) is 9.32. The molecule has 2 unspecified atom stereocenters. The second kappa shape index (κ2) is 4.55. The number of aromatic nitrogens is 2. The van der Waals surface area contributed by atoms with Gasteiger partial charge in [0.1, 0.15) is 0 Å². The van der Waals surface area contributed by atoms with Gasteiger partial charge in [0.05, 0.1) is 0 Å². The zero-order chi connectivity index (χ0) is 10.7. The number of hydrogen-bond donors (Lipinski definition) is 1. The van der Waals surface area contributed by atoms with Gasteiger partial charge in [-0.05, 0) is 12.8 Å². The van der Waals surface area contributed by atoms with Crippen LogP contribution in [0.15, 0.2) is 4.52 Å². The lowest BCUT2D eigenvalue weighted by Crippen LogP contribution is -2.18. The summed E-state index contributed by atoms with van der Waals surface area (Å²) in [6.45, 7) is 8.30. The van der Waals surface area contributed by atoms with Crippen LogP contribution in [0.2, 0.25) is 0 Å². The van der Waals surface area contributed by atoms with Crippen molar-refractivity contribution >= 4 is 0 Å². The quantitative estimate of drug-likeness (QED) is 0.798. The minimum absolute atomic E-state index is 0.0785. The van der Waals surface area contributed by atoms with Gasteiger partial charge in [0.15, 0.2) is 5.82 Å². The minimum atomic E-state index is 0.0785. The molecule has 2 atom stereocenters. The first-order chi connectivity index (χ1) is 6.50. The third-order valence-electron chi connectivity index (χ3n) is 2.38. The Morgan fingerprint density at radius 1 is 1.29 bits per heavy atom. The van der Waals surface area contributed by atoms with Gasteiger partial charge in [-0.15, -0.1) is 0 Å². The van der Waals surface area contributed by atoms with Crippen LogP contribution in [0.5, 0.6) is 0 Å². The molecule has 0 aliphatic rings. The maximum atomic E-state index is 5.65. The van der Waals surface area contributed by atoms with E-state index in [0.29, 0.717) is 24.1 Å². The number of rotatable bonds is 4. The molecule has 0 saturated carbocycles. The fourth-order valence-corrected chi connectivity index (χ4v) is 1.11. The van der Waals surface area contributed by atoms with Gasteiger partial charge in [0, 0.05) is 18.4 Å². The molecule has 1 aromatic heterocycles. The van der Waals surface area contributed by atoms with E-state index in [9.17, 15) is 0 Å². The molecule has 1 aromatic rings. The first-order valence-electron chi connectivity index (χ1n) is 5.08. The van der Waals surface area contributed by atoms with Crippen LogP contribution in [0, 0.1) is 5.92 Å². The van der Waals surface area contributed by atoms with Crippen LogP contribution in [0.3, 0.4) is 0 Å². The molecule has 1 heterocycles. The average Bonchev–Trinajstić information content (AvgIpc) is 2.50. The maximum absolute atomic E-state index is 5.65. The van der Waals surface area contributed by atoms with Crippen LogP contribution >= 0.6 is 0 Å². The highest BCUT2D eigenvalue weighted by Gasteiger charge is 2.17. The van der Waals surface area contributed by atoms with Crippen LogP contribution < -0.4 is 5.73 Å². The summed E-state index contributed by atoms with van der Waals surface area (Å²) in [5, 5.41) is 3.89. The summed E-state index contributed by atoms with van der Waals surface area (Å²) >= 11 is 0. The molecule has 0 amide bonds. The highest BCUT2D eigenvalue weighted by atomic mass is 16.5. The van der Waals surface area contributed by atoms with E-state index in [1.54, 1.807) is 0 Å². The van der Waals surface area contributed by atoms with E-state index in [4.69, 9.17) is 10.3 Å². The summed E-state index contributed by atoms with van der Waals surface area (Å²) in [6, 6.07) is 0.0785. The molecule has 80 valence electrons. The van der Waals surface area contributed by atoms with E-state index >= 15 is 0 Å². The van der Waals surface area contributed by atoms with Gasteiger partial charge in [-0.2, -0.15) is 4.98 Å². The fraction of sp³-hybridized carbons (Fsp3) is 0.800. The molecule has 0 fully saturated rings. The van der Waals surface area contributed by atoms with Crippen molar-refractivity contribution in [2.45, 2.75) is 46.1 Å². The van der Waals surface area contributed by atoms with E-state index in [-0.39, 0.29) is 6.04 Å². The molecule has 0 aromatic carbocycles. The first-order valence-corrected chi connectivity index (χ1v) is 5.08. The van der Waals surface area contributed by atoms with E-state index < -0.39 is 0 Å². The van der Waals surface area contributed by atoms with Gasteiger partial charge >= 0.3 is 0 Å². The van der Waals surface area contributed by atoms with Crippen LogP contribution in [0.1, 0.15) is 45.3 Å². The van der Waals surface area contributed by atoms with Gasteiger partial charge in [-0.1, -0.05) is 25.9 Å². The molecular weight excluding hydrogens is 178 g/mol. The fourth-order valence-electron chi connectivity index (χ4n) is 1.11. The van der Waals surface area contributed by atoms with E-state index in [1.165, 1.54) is 0 Å². The first kappa shape index (κ1) is 11.2. The second-order valence-corrected chi connectivity index (χ2v) is 4.26. The van der Waals surface area contributed by atoms with Gasteiger partial charge in [0.25, 0.3) is 0 Å². The Labute approximate surface area is 84.9 Å². The topological polar surface area (TPSA) is 64.9 Å². The van der Waals surface area contributed by atoms with Crippen molar-refractivity contribution < 1.29 is 4.52 Å². The second-order valence-electron chi connectivity index (χ2n) is 4.26. The predicted octanol–water partition coefficient (Wildman–Crippen LogP) is 1.72. The van der Waals surface area contributed by atoms with Crippen LogP contribution in [0.4, 0.5) is 0 Å². The molecule has 0 radical (unpaired) electrons. The standard InChI is InChI=1S/C10H19N3O/c1-6(2)8(4)10-12-9(13-14-10)5-7(3)11/h6-8H,5,11H2,1-4H3. The monoisotopic (exact) mass is 197 g/mol. The Kier molecular flexibility index (Phi) is 3.63. The summed E-state index contributed by atoms with van der Waals surface area (Å²) in [5.74, 6) is 2.25. The van der Waals surface area contributed by atoms with Crippen molar-refractivity contribution in [2.24, 2.45) is 11.7 Å². The molecule has 0 bridgehead atoms. The molecule has 0 saturated heterocycles. The van der Waals surface area contributed by atoms with E-state index in [0.717, 1.165) is 5.89 Å². The Morgan fingerprint density at radius 3 is 2.43 bits per heavy atom. The van der Waals surface area contributed by atoms with Gasteiger partial charge in [-0.25, -0.2) is 0 Å². The Hall–Kier alpha value is -0.900. The maximum Gasteiger partial charge on any atom is 0.229 e. The normalized spacial score (nSPS) is 15.9. The summed E-state index contributed by atoms with van der Waals surface area (Å²) in [7, 11) is 0. The molecule has 4 nitrogen and oxygen atoms in total. The Balaban J connectivity index is 2.67. The molecule has 14 heavy (non-hydrogen) atoms. The molecular formula is C10H19N3O. The van der Waals surface area contributed by atoms with E-state index in [2.05, 4.69) is 30.9 Å². The van der Waals surface area contributed by atoms with Crippen molar-refractivity contribution in [3.8, 4) is 0 Å². The van der Waals surface area contributed by atoms with Crippen molar-refractivity contribution in [1.29, 1.82) is 0 Å². The van der Waals surface area contributed by atoms with Crippen LogP contribution in [-0.4, -0.2) is 16.2 Å². The third-order valence-corrected chi connectivity index (χ3v) is 2.38. The number of nitrogens with zero attached hydrogens (tertiary/aromatic N) is 2. The lowest BCUT2D eigenvalue weighted by Gasteiger charge is -2.08. The molecule has 0 spiro atoms. The van der Waals surface area contributed by atoms with Gasteiger partial charge < -0.3 is 10.3 Å². The largest absolute Gasteiger partial charge is 0.339 e. The average molecular weight is 197 g/mol. The summed E-state index contributed by atoms with van der Waals surface area (Å²) in [6.07, 6.45) is 0.675. The SMILES string of the molecule is CC(N)Cc1noc(C(C)C(C)C)n1. The summed E-state index contributed by atoms with van der Waals surface area (Å²) in [4.78, 5) is 4.31. The van der Waals surface area contributed by atoms with Crippen molar-refractivity contribution in [3.63, 3.8) is 0 Å². The smallest absolute Gasteiger partial charge is 0.229 e. The lowest BCUT2D eigenvalue weighted by molar-refractivity contribution is 0.328. The van der Waals surface area contributed by atoms with Crippen molar-refractivity contribution in [1.82, 2.24) is 10.1 Å². The van der Waals surface area contributed by atoms with E-state index in [1.807, 2.05) is 6.92 Å². The highest BCUT2D eigenvalue weighted by Crippen LogP contribution is 2.21. The van der Waals surface area contributed by atoms with Gasteiger partial charge in [-0.3, -0.25) is 0 Å². The third kappa shape index (κ3) is 2.80. The van der Waals surface area contributed by atoms with Gasteiger partial charge in [0.2, 0.25) is 5.89 Å². The Morgan fingerprint density at radius 2 is 1.93 bits per heavy atom. The van der Waals surface area contributed by atoms with Crippen LogP contribution in [-0.2, 0) is 6.42 Å². The molecule has 0 aliphatic heterocycles. The zero-order valence-electron chi connectivity index (χ0n) is 9.32. The lowest BCUT2D eigenvalue weighted by atomic mass is 9.98. The van der Waals surface area contributed by atoms with Crippen LogP contribution in [0.25, 0.3) is 0 Å². The molecule has 2 N–H and O–H groups in total. The molecule has 1 rings (SSSR count). The number of hydrogen-bond acceptors (Lipinski definition) is 4. The number of nitrogens with two attached hydrogens (primary N) is 1. The summed E-state index contributed by atoms with van der Waals surface area (Å²) < 4.78 is 5.17. The molecule has 0 aliphatic carbocycles. The minimum Gasteiger partial charge on any atom is -0.339 e. The van der Waals surface area contributed by atoms with Crippen molar-refractivity contribution in [2.75, 3.05) is 0 Å². The molecule has 4 heteroatoms. The van der Waals surface area contributed by atoms with Crippen molar-refractivity contribution in [3.05, 3.63) is 11.7 Å². The summed E-state index contributed by atoms with van der Waals surface area (Å²) in [5.41, 5.74) is 5.65.